The Labute approximate surface area is 82.5 Å². The SMILES string of the molecule is N#Cc1cccc2sc(=S)sc12. The Hall–Kier alpha value is -0.760. The molecule has 2 aromatic rings. The topological polar surface area (TPSA) is 23.8 Å². The van der Waals surface area contributed by atoms with Crippen LogP contribution in [-0.2, 0) is 0 Å². The predicted octanol–water partition coefficient (Wildman–Crippen LogP) is 3.56. The molecule has 0 aliphatic heterocycles. The standard InChI is InChI=1S/C8H3NS3/c9-4-5-2-1-3-6-7(5)12-8(10)11-6/h1-3H. The highest BCUT2D eigenvalue weighted by Crippen LogP contribution is 2.30. The van der Waals surface area contributed by atoms with Gasteiger partial charge in [-0.1, -0.05) is 18.3 Å². The van der Waals surface area contributed by atoms with E-state index in [4.69, 9.17) is 17.5 Å². The van der Waals surface area contributed by atoms with Crippen molar-refractivity contribution in [3.05, 3.63) is 26.9 Å². The lowest BCUT2D eigenvalue weighted by Gasteiger charge is -1.88. The van der Waals surface area contributed by atoms with Gasteiger partial charge in [0.2, 0.25) is 0 Å². The summed E-state index contributed by atoms with van der Waals surface area (Å²) in [5.74, 6) is 0. The second-order valence-electron chi connectivity index (χ2n) is 2.20. The molecule has 0 atom stereocenters. The van der Waals surface area contributed by atoms with Crippen LogP contribution in [0.2, 0.25) is 0 Å². The third kappa shape index (κ3) is 1.16. The lowest BCUT2D eigenvalue weighted by atomic mass is 10.2. The van der Waals surface area contributed by atoms with Crippen LogP contribution in [0.5, 0.6) is 0 Å². The Morgan fingerprint density at radius 1 is 1.33 bits per heavy atom. The number of rotatable bonds is 0. The van der Waals surface area contributed by atoms with Gasteiger partial charge in [0.25, 0.3) is 0 Å². The Morgan fingerprint density at radius 2 is 2.17 bits per heavy atom. The van der Waals surface area contributed by atoms with Gasteiger partial charge in [-0.3, -0.25) is 0 Å². The number of fused-ring (bicyclic) bond motifs is 1. The number of hydrogen-bond donors (Lipinski definition) is 0. The molecule has 0 saturated heterocycles. The molecule has 0 N–H and O–H groups in total. The van der Waals surface area contributed by atoms with Gasteiger partial charge in [0.05, 0.1) is 10.3 Å². The summed E-state index contributed by atoms with van der Waals surface area (Å²) in [6, 6.07) is 7.85. The maximum atomic E-state index is 8.77. The first-order valence-electron chi connectivity index (χ1n) is 3.24. The molecule has 1 aromatic carbocycles. The molecule has 1 heterocycles. The van der Waals surface area contributed by atoms with Crippen LogP contribution < -0.4 is 0 Å². The molecule has 0 saturated carbocycles. The van der Waals surface area contributed by atoms with Crippen LogP contribution in [-0.4, -0.2) is 0 Å². The molecule has 58 valence electrons. The molecule has 0 fully saturated rings. The number of nitriles is 1. The van der Waals surface area contributed by atoms with Crippen LogP contribution in [0.1, 0.15) is 5.56 Å². The van der Waals surface area contributed by atoms with E-state index in [-0.39, 0.29) is 0 Å². The Bertz CT molecular complexity index is 515. The fraction of sp³-hybridized carbons (Fsp3) is 0. The zero-order valence-corrected chi connectivity index (χ0v) is 8.35. The molecule has 1 aromatic heterocycles. The molecule has 0 radical (unpaired) electrons. The van der Waals surface area contributed by atoms with Crippen molar-refractivity contribution in [1.82, 2.24) is 0 Å². The summed E-state index contributed by atoms with van der Waals surface area (Å²) in [6.45, 7) is 0. The molecule has 4 heteroatoms. The Kier molecular flexibility index (Phi) is 1.93. The molecule has 0 unspecified atom stereocenters. The smallest absolute Gasteiger partial charge is 0.144 e. The summed E-state index contributed by atoms with van der Waals surface area (Å²) in [5.41, 5.74) is 0.727. The van der Waals surface area contributed by atoms with Crippen molar-refractivity contribution in [1.29, 1.82) is 5.26 Å². The lowest BCUT2D eigenvalue weighted by molar-refractivity contribution is 1.51. The average Bonchev–Trinajstić information content (AvgIpc) is 2.44. The van der Waals surface area contributed by atoms with E-state index < -0.39 is 0 Å². The van der Waals surface area contributed by atoms with E-state index in [1.807, 2.05) is 18.2 Å². The van der Waals surface area contributed by atoms with Gasteiger partial charge in [-0.05, 0) is 12.1 Å². The summed E-state index contributed by atoms with van der Waals surface area (Å²) >= 11 is 8.13. The molecule has 0 aliphatic carbocycles. The van der Waals surface area contributed by atoms with Crippen molar-refractivity contribution in [2.45, 2.75) is 0 Å². The molecule has 1 nitrogen and oxygen atoms in total. The third-order valence-electron chi connectivity index (χ3n) is 1.48. The molecule has 12 heavy (non-hydrogen) atoms. The van der Waals surface area contributed by atoms with Gasteiger partial charge in [0.15, 0.2) is 0 Å². The third-order valence-corrected chi connectivity index (χ3v) is 4.14. The molecule has 0 spiro atoms. The van der Waals surface area contributed by atoms with E-state index in [0.29, 0.717) is 0 Å². The summed E-state index contributed by atoms with van der Waals surface area (Å²) < 4.78 is 3.02. The van der Waals surface area contributed by atoms with Crippen LogP contribution in [0.4, 0.5) is 0 Å². The molecular formula is C8H3NS3. The average molecular weight is 209 g/mol. The van der Waals surface area contributed by atoms with E-state index in [0.717, 1.165) is 18.1 Å². The zero-order chi connectivity index (χ0) is 8.55. The lowest BCUT2D eigenvalue weighted by Crippen LogP contribution is -1.70. The van der Waals surface area contributed by atoms with Crippen molar-refractivity contribution >= 4 is 44.3 Å². The minimum atomic E-state index is 0.727. The highest BCUT2D eigenvalue weighted by Gasteiger charge is 2.01. The molecule has 0 aliphatic rings. The molecular weight excluding hydrogens is 206 g/mol. The van der Waals surface area contributed by atoms with Crippen LogP contribution in [0.25, 0.3) is 9.40 Å². The highest BCUT2D eigenvalue weighted by molar-refractivity contribution is 7.77. The van der Waals surface area contributed by atoms with Crippen molar-refractivity contribution < 1.29 is 0 Å². The van der Waals surface area contributed by atoms with E-state index in [1.165, 1.54) is 11.3 Å². The van der Waals surface area contributed by atoms with Crippen molar-refractivity contribution in [3.8, 4) is 6.07 Å². The van der Waals surface area contributed by atoms with Gasteiger partial charge in [-0.2, -0.15) is 5.26 Å². The van der Waals surface area contributed by atoms with Gasteiger partial charge in [0.1, 0.15) is 9.21 Å². The predicted molar refractivity (Wildman–Crippen MR) is 55.3 cm³/mol. The van der Waals surface area contributed by atoms with Crippen LogP contribution in [0.3, 0.4) is 0 Å². The summed E-state index contributed by atoms with van der Waals surface area (Å²) in [6.07, 6.45) is 0. The first kappa shape index (κ1) is 7.87. The minimum Gasteiger partial charge on any atom is -0.192 e. The summed E-state index contributed by atoms with van der Waals surface area (Å²) in [7, 11) is 0. The number of nitrogens with zero attached hydrogens (tertiary/aromatic N) is 1. The highest BCUT2D eigenvalue weighted by atomic mass is 32.2. The van der Waals surface area contributed by atoms with E-state index in [9.17, 15) is 0 Å². The monoisotopic (exact) mass is 209 g/mol. The second-order valence-corrected chi connectivity index (χ2v) is 5.46. The van der Waals surface area contributed by atoms with E-state index in [1.54, 1.807) is 11.3 Å². The van der Waals surface area contributed by atoms with Gasteiger partial charge in [-0.15, -0.1) is 22.7 Å². The van der Waals surface area contributed by atoms with Gasteiger partial charge < -0.3 is 0 Å². The van der Waals surface area contributed by atoms with Gasteiger partial charge >= 0.3 is 0 Å². The van der Waals surface area contributed by atoms with Crippen LogP contribution in [0.15, 0.2) is 18.2 Å². The van der Waals surface area contributed by atoms with E-state index in [2.05, 4.69) is 6.07 Å². The Balaban J connectivity index is 2.99. The quantitative estimate of drug-likeness (QED) is 0.619. The first-order chi connectivity index (χ1) is 5.81. The maximum Gasteiger partial charge on any atom is 0.144 e. The first-order valence-corrected chi connectivity index (χ1v) is 5.28. The zero-order valence-electron chi connectivity index (χ0n) is 5.90. The largest absolute Gasteiger partial charge is 0.192 e. The summed E-state index contributed by atoms with van der Waals surface area (Å²) in [5, 5.41) is 8.77. The van der Waals surface area contributed by atoms with Crippen molar-refractivity contribution in [3.63, 3.8) is 0 Å². The van der Waals surface area contributed by atoms with Crippen molar-refractivity contribution in [2.75, 3.05) is 0 Å². The molecule has 2 rings (SSSR count). The minimum absolute atomic E-state index is 0.727. The molecule has 0 amide bonds. The van der Waals surface area contributed by atoms with Gasteiger partial charge in [0, 0.05) is 4.70 Å². The van der Waals surface area contributed by atoms with Gasteiger partial charge in [-0.25, -0.2) is 0 Å². The fourth-order valence-electron chi connectivity index (χ4n) is 0.983. The fourth-order valence-corrected chi connectivity index (χ4v) is 3.53. The number of hydrogen-bond acceptors (Lipinski definition) is 4. The summed E-state index contributed by atoms with van der Waals surface area (Å²) in [4.78, 5) is 0. The maximum absolute atomic E-state index is 8.77. The number of benzene rings is 1. The van der Waals surface area contributed by atoms with Crippen LogP contribution >= 0.6 is 34.9 Å². The van der Waals surface area contributed by atoms with Crippen LogP contribution in [0, 0.1) is 14.5 Å². The molecule has 0 bridgehead atoms. The Morgan fingerprint density at radius 3 is 2.92 bits per heavy atom. The van der Waals surface area contributed by atoms with E-state index >= 15 is 0 Å². The van der Waals surface area contributed by atoms with Crippen molar-refractivity contribution in [2.24, 2.45) is 0 Å². The normalized spacial score (nSPS) is 9.92. The second kappa shape index (κ2) is 2.94.